The van der Waals surface area contributed by atoms with E-state index in [0.29, 0.717) is 0 Å². The number of carbonyl (C=O) groups is 1. The predicted molar refractivity (Wildman–Crippen MR) is 74.4 cm³/mol. The second-order valence-electron chi connectivity index (χ2n) is 4.47. The Morgan fingerprint density at radius 1 is 1.41 bits per heavy atom. The molecule has 0 bridgehead atoms. The summed E-state index contributed by atoms with van der Waals surface area (Å²) >= 11 is 0. The molecule has 22 heavy (non-hydrogen) atoms. The zero-order chi connectivity index (χ0) is 15.9. The molecule has 108 valence electrons. The third-order valence-electron chi connectivity index (χ3n) is 3.18. The molecule has 0 saturated heterocycles. The molecule has 0 fully saturated rings. The highest BCUT2D eigenvalue weighted by molar-refractivity contribution is 5.94. The molecule has 0 radical (unpaired) electrons. The number of nitriles is 1. The van der Waals surface area contributed by atoms with Gasteiger partial charge in [0.15, 0.2) is 0 Å². The number of hydrogen-bond acceptors (Lipinski definition) is 7. The monoisotopic (exact) mass is 297 g/mol. The summed E-state index contributed by atoms with van der Waals surface area (Å²) in [5.41, 5.74) is -1.10. The Hall–Kier alpha value is -3.54. The number of benzene rings is 1. The summed E-state index contributed by atoms with van der Waals surface area (Å²) in [6.45, 7) is -0.0662. The van der Waals surface area contributed by atoms with Crippen LogP contribution in [0.1, 0.15) is 10.4 Å². The summed E-state index contributed by atoms with van der Waals surface area (Å²) in [6, 6.07) is 7.10. The Kier molecular flexibility index (Phi) is 2.92. The standard InChI is InChI=1S/C13H7N5O4/c14-5-9-11(7-2-1-3-8(4-7)18(21)22)17-10(19)6-15-13(17)16-12(9)20/h1-4H,6H2,(H,15,16,20). The maximum absolute atomic E-state index is 12.0. The molecule has 1 N–H and O–H groups in total. The highest BCUT2D eigenvalue weighted by Crippen LogP contribution is 2.28. The van der Waals surface area contributed by atoms with E-state index < -0.39 is 16.4 Å². The normalized spacial score (nSPS) is 12.4. The fraction of sp³-hybridized carbons (Fsp3) is 0.0769. The average Bonchev–Trinajstić information content (AvgIpc) is 2.86. The lowest BCUT2D eigenvalue weighted by molar-refractivity contribution is -0.384. The number of carbonyl (C=O) groups excluding carboxylic acids is 1. The Morgan fingerprint density at radius 3 is 2.86 bits per heavy atom. The molecule has 0 saturated carbocycles. The third-order valence-corrected chi connectivity index (χ3v) is 3.18. The molecule has 3 rings (SSSR count). The van der Waals surface area contributed by atoms with E-state index in [1.807, 2.05) is 0 Å². The number of fused-ring (bicyclic) bond motifs is 1. The molecule has 1 aliphatic rings. The van der Waals surface area contributed by atoms with Gasteiger partial charge in [-0.05, 0) is 0 Å². The van der Waals surface area contributed by atoms with Gasteiger partial charge in [0, 0.05) is 17.7 Å². The zero-order valence-electron chi connectivity index (χ0n) is 10.9. The fourth-order valence-corrected chi connectivity index (χ4v) is 2.26. The predicted octanol–water partition coefficient (Wildman–Crippen LogP) is 0.756. The van der Waals surface area contributed by atoms with E-state index in [9.17, 15) is 25.0 Å². The summed E-state index contributed by atoms with van der Waals surface area (Å²) in [7, 11) is 0. The minimum Gasteiger partial charge on any atom is -0.346 e. The van der Waals surface area contributed by atoms with Gasteiger partial charge in [0.2, 0.25) is 5.95 Å². The first-order valence-corrected chi connectivity index (χ1v) is 6.12. The average molecular weight is 297 g/mol. The van der Waals surface area contributed by atoms with Crippen LogP contribution in [0, 0.1) is 21.4 Å². The fourth-order valence-electron chi connectivity index (χ4n) is 2.26. The van der Waals surface area contributed by atoms with Crippen molar-refractivity contribution in [2.45, 2.75) is 0 Å². The maximum atomic E-state index is 12.0. The van der Waals surface area contributed by atoms with Gasteiger partial charge in [-0.3, -0.25) is 19.7 Å². The first kappa shape index (κ1) is 13.4. The Morgan fingerprint density at radius 2 is 2.18 bits per heavy atom. The van der Waals surface area contributed by atoms with E-state index in [4.69, 9.17) is 0 Å². The van der Waals surface area contributed by atoms with Crippen molar-refractivity contribution in [1.82, 2.24) is 9.55 Å². The minimum atomic E-state index is -0.794. The maximum Gasteiger partial charge on any atom is 0.293 e. The van der Waals surface area contributed by atoms with Crippen LogP contribution in [0.2, 0.25) is 0 Å². The molecule has 2 heterocycles. The van der Waals surface area contributed by atoms with Gasteiger partial charge in [0.1, 0.15) is 11.6 Å². The van der Waals surface area contributed by atoms with Crippen molar-refractivity contribution >= 4 is 17.5 Å². The van der Waals surface area contributed by atoms with E-state index in [2.05, 4.69) is 10.3 Å². The molecule has 0 spiro atoms. The molecule has 9 nitrogen and oxygen atoms in total. The topological polar surface area (TPSA) is 131 Å². The summed E-state index contributed by atoms with van der Waals surface area (Å²) in [5, 5.41) is 22.7. The van der Waals surface area contributed by atoms with E-state index in [1.54, 1.807) is 6.07 Å². The van der Waals surface area contributed by atoms with Gasteiger partial charge in [-0.25, -0.2) is 4.57 Å². The van der Waals surface area contributed by atoms with Crippen molar-refractivity contribution < 1.29 is 9.72 Å². The Bertz CT molecular complexity index is 925. The number of anilines is 1. The van der Waals surface area contributed by atoms with Crippen LogP contribution in [0.25, 0.3) is 11.3 Å². The third kappa shape index (κ3) is 1.90. The lowest BCUT2D eigenvalue weighted by atomic mass is 10.1. The molecule has 1 aromatic heterocycles. The van der Waals surface area contributed by atoms with Gasteiger partial charge >= 0.3 is 0 Å². The zero-order valence-corrected chi connectivity index (χ0v) is 10.9. The smallest absolute Gasteiger partial charge is 0.293 e. The van der Waals surface area contributed by atoms with Crippen LogP contribution in [0.4, 0.5) is 11.6 Å². The number of rotatable bonds is 2. The van der Waals surface area contributed by atoms with Crippen LogP contribution in [0.3, 0.4) is 0 Å². The van der Waals surface area contributed by atoms with Crippen molar-refractivity contribution in [3.8, 4) is 17.3 Å². The number of nitrogens with one attached hydrogen (secondary N) is 1. The summed E-state index contributed by atoms with van der Waals surface area (Å²) < 4.78 is 1.10. The first-order chi connectivity index (χ1) is 10.5. The number of hydrogen-bond donors (Lipinski definition) is 1. The Labute approximate surface area is 122 Å². The molecule has 0 aliphatic carbocycles. The van der Waals surface area contributed by atoms with Crippen LogP contribution >= 0.6 is 0 Å². The molecule has 0 amide bonds. The van der Waals surface area contributed by atoms with E-state index >= 15 is 0 Å². The quantitative estimate of drug-likeness (QED) is 0.639. The molecule has 9 heteroatoms. The second kappa shape index (κ2) is 4.78. The van der Waals surface area contributed by atoms with Gasteiger partial charge in [0.25, 0.3) is 17.2 Å². The number of nitro benzene ring substituents is 1. The van der Waals surface area contributed by atoms with Crippen LogP contribution in [-0.2, 0) is 0 Å². The van der Waals surface area contributed by atoms with E-state index in [1.165, 1.54) is 24.3 Å². The number of aromatic nitrogens is 2. The van der Waals surface area contributed by atoms with Crippen molar-refractivity contribution in [3.05, 3.63) is 50.3 Å². The first-order valence-electron chi connectivity index (χ1n) is 6.12. The van der Waals surface area contributed by atoms with E-state index in [-0.39, 0.29) is 35.0 Å². The largest absolute Gasteiger partial charge is 0.346 e. The number of non-ortho nitro benzene ring substituents is 1. The van der Waals surface area contributed by atoms with Crippen molar-refractivity contribution in [3.63, 3.8) is 0 Å². The lowest BCUT2D eigenvalue weighted by Gasteiger charge is -2.10. The summed E-state index contributed by atoms with van der Waals surface area (Å²) in [4.78, 5) is 37.8. The van der Waals surface area contributed by atoms with Gasteiger partial charge < -0.3 is 5.32 Å². The van der Waals surface area contributed by atoms with Gasteiger partial charge in [-0.1, -0.05) is 12.1 Å². The molecule has 2 aromatic rings. The van der Waals surface area contributed by atoms with Crippen molar-refractivity contribution in [1.29, 1.82) is 5.26 Å². The van der Waals surface area contributed by atoms with Crippen LogP contribution < -0.4 is 10.9 Å². The van der Waals surface area contributed by atoms with Crippen LogP contribution in [0.5, 0.6) is 0 Å². The highest BCUT2D eigenvalue weighted by atomic mass is 16.6. The molecular formula is C13H7N5O4. The van der Waals surface area contributed by atoms with Crippen molar-refractivity contribution in [2.24, 2.45) is 0 Å². The molecule has 1 aromatic carbocycles. The minimum absolute atomic E-state index is 0.0104. The second-order valence-corrected chi connectivity index (χ2v) is 4.47. The molecule has 1 aliphatic heterocycles. The number of nitrogens with zero attached hydrogens (tertiary/aromatic N) is 4. The summed E-state index contributed by atoms with van der Waals surface area (Å²) in [6.07, 6.45) is 0. The van der Waals surface area contributed by atoms with E-state index in [0.717, 1.165) is 4.57 Å². The van der Waals surface area contributed by atoms with Crippen LogP contribution in [0.15, 0.2) is 29.1 Å². The number of nitro groups is 1. The van der Waals surface area contributed by atoms with Crippen LogP contribution in [-0.4, -0.2) is 26.9 Å². The van der Waals surface area contributed by atoms with Crippen molar-refractivity contribution in [2.75, 3.05) is 11.9 Å². The molecule has 0 unspecified atom stereocenters. The highest BCUT2D eigenvalue weighted by Gasteiger charge is 2.27. The van der Waals surface area contributed by atoms with Gasteiger partial charge in [-0.15, -0.1) is 0 Å². The molecular weight excluding hydrogens is 290 g/mol. The van der Waals surface area contributed by atoms with Gasteiger partial charge in [0.05, 0.1) is 17.2 Å². The lowest BCUT2D eigenvalue weighted by Crippen LogP contribution is -2.20. The van der Waals surface area contributed by atoms with Gasteiger partial charge in [-0.2, -0.15) is 10.2 Å². The molecule has 0 atom stereocenters. The SMILES string of the molecule is N#Cc1c(-c2cccc([N+](=O)[O-])c2)n2c(nc1=O)NCC2=O. The Balaban J connectivity index is 2.38. The summed E-state index contributed by atoms with van der Waals surface area (Å²) in [5.74, 6) is -0.379.